The van der Waals surface area contributed by atoms with Crippen LogP contribution in [-0.2, 0) is 5.54 Å². The predicted octanol–water partition coefficient (Wildman–Crippen LogP) is 2.13. The lowest BCUT2D eigenvalue weighted by Crippen LogP contribution is -2.42. The number of hydrogen-bond acceptors (Lipinski definition) is 3. The second-order valence-corrected chi connectivity index (χ2v) is 5.04. The summed E-state index contributed by atoms with van der Waals surface area (Å²) in [6.07, 6.45) is 2.78. The summed E-state index contributed by atoms with van der Waals surface area (Å²) in [6, 6.07) is 3.89. The largest absolute Gasteiger partial charge is 0.393 e. The Morgan fingerprint density at radius 1 is 1.44 bits per heavy atom. The first kappa shape index (κ1) is 11.8. The van der Waals surface area contributed by atoms with Crippen LogP contribution in [0.5, 0.6) is 0 Å². The molecule has 1 aromatic rings. The minimum Gasteiger partial charge on any atom is -0.393 e. The van der Waals surface area contributed by atoms with Crippen LogP contribution in [-0.4, -0.2) is 16.2 Å². The number of aromatic nitrogens is 1. The van der Waals surface area contributed by atoms with E-state index in [9.17, 15) is 5.11 Å². The Hall–Kier alpha value is -0.640. The molecule has 2 rings (SSSR count). The van der Waals surface area contributed by atoms with Crippen LogP contribution < -0.4 is 5.73 Å². The number of aliphatic hydroxyl groups is 1. The van der Waals surface area contributed by atoms with Gasteiger partial charge in [-0.3, -0.25) is 0 Å². The topological polar surface area (TPSA) is 59.1 Å². The van der Waals surface area contributed by atoms with E-state index in [0.717, 1.165) is 36.9 Å². The van der Waals surface area contributed by atoms with Gasteiger partial charge in [-0.25, -0.2) is 4.98 Å². The zero-order valence-electron chi connectivity index (χ0n) is 9.41. The van der Waals surface area contributed by atoms with E-state index in [1.54, 1.807) is 0 Å². The molecule has 0 atom stereocenters. The van der Waals surface area contributed by atoms with Crippen molar-refractivity contribution in [3.8, 4) is 0 Å². The number of hydrogen-bond donors (Lipinski definition) is 2. The van der Waals surface area contributed by atoms with Crippen molar-refractivity contribution in [1.29, 1.82) is 0 Å². The number of halogens is 1. The van der Waals surface area contributed by atoms with E-state index in [2.05, 4.69) is 4.98 Å². The van der Waals surface area contributed by atoms with Crippen molar-refractivity contribution in [2.45, 2.75) is 44.2 Å². The zero-order valence-corrected chi connectivity index (χ0v) is 10.2. The molecule has 0 spiro atoms. The quantitative estimate of drug-likeness (QED) is 0.740. The summed E-state index contributed by atoms with van der Waals surface area (Å²) in [4.78, 5) is 4.24. The lowest BCUT2D eigenvalue weighted by atomic mass is 9.77. The zero-order chi connectivity index (χ0) is 11.8. The van der Waals surface area contributed by atoms with Crippen LogP contribution >= 0.6 is 11.6 Å². The highest BCUT2D eigenvalue weighted by Gasteiger charge is 2.34. The van der Waals surface area contributed by atoms with Gasteiger partial charge in [0.05, 0.1) is 6.10 Å². The van der Waals surface area contributed by atoms with E-state index in [1.165, 1.54) is 0 Å². The molecule has 16 heavy (non-hydrogen) atoms. The van der Waals surface area contributed by atoms with Gasteiger partial charge < -0.3 is 10.8 Å². The average Bonchev–Trinajstić information content (AvgIpc) is 2.22. The standard InChI is InChI=1S/C12H17ClN2O/c1-8-2-3-10(11(13)15-8)12(14)6-4-9(16)5-7-12/h2-3,9,16H,4-7,14H2,1H3. The minimum absolute atomic E-state index is 0.214. The Morgan fingerprint density at radius 2 is 2.06 bits per heavy atom. The smallest absolute Gasteiger partial charge is 0.134 e. The van der Waals surface area contributed by atoms with E-state index in [-0.39, 0.29) is 6.10 Å². The van der Waals surface area contributed by atoms with E-state index in [0.29, 0.717) is 5.15 Å². The molecule has 0 aromatic carbocycles. The van der Waals surface area contributed by atoms with Gasteiger partial charge in [-0.15, -0.1) is 0 Å². The molecule has 1 aliphatic carbocycles. The predicted molar refractivity (Wildman–Crippen MR) is 64.3 cm³/mol. The molecule has 1 aromatic heterocycles. The molecule has 0 unspecified atom stereocenters. The molecule has 1 heterocycles. The van der Waals surface area contributed by atoms with Gasteiger partial charge in [0, 0.05) is 16.8 Å². The first-order valence-electron chi connectivity index (χ1n) is 5.62. The lowest BCUT2D eigenvalue weighted by Gasteiger charge is -2.36. The summed E-state index contributed by atoms with van der Waals surface area (Å²) < 4.78 is 0. The summed E-state index contributed by atoms with van der Waals surface area (Å²) in [6.45, 7) is 1.91. The number of nitrogens with two attached hydrogens (primary N) is 1. The van der Waals surface area contributed by atoms with Crippen molar-refractivity contribution in [3.05, 3.63) is 28.5 Å². The second kappa shape index (κ2) is 4.32. The molecule has 3 N–H and O–H groups in total. The van der Waals surface area contributed by atoms with Crippen LogP contribution in [0.4, 0.5) is 0 Å². The van der Waals surface area contributed by atoms with Crippen LogP contribution in [0.1, 0.15) is 36.9 Å². The second-order valence-electron chi connectivity index (χ2n) is 4.68. The molecule has 0 bridgehead atoms. The molecule has 4 heteroatoms. The average molecular weight is 241 g/mol. The van der Waals surface area contributed by atoms with Crippen molar-refractivity contribution in [2.24, 2.45) is 5.73 Å². The van der Waals surface area contributed by atoms with Gasteiger partial charge >= 0.3 is 0 Å². The Labute approximate surface area is 101 Å². The van der Waals surface area contributed by atoms with E-state index in [4.69, 9.17) is 17.3 Å². The van der Waals surface area contributed by atoms with Crippen molar-refractivity contribution >= 4 is 11.6 Å². The Bertz CT molecular complexity index is 387. The third-order valence-corrected chi connectivity index (χ3v) is 3.66. The fraction of sp³-hybridized carbons (Fsp3) is 0.583. The van der Waals surface area contributed by atoms with Gasteiger partial charge in [-0.2, -0.15) is 0 Å². The Kier molecular flexibility index (Phi) is 3.19. The summed E-state index contributed by atoms with van der Waals surface area (Å²) in [7, 11) is 0. The Morgan fingerprint density at radius 3 is 2.62 bits per heavy atom. The van der Waals surface area contributed by atoms with Crippen LogP contribution in [0.25, 0.3) is 0 Å². The molecule has 1 saturated carbocycles. The lowest BCUT2D eigenvalue weighted by molar-refractivity contribution is 0.0968. The molecule has 0 radical (unpaired) electrons. The molecule has 88 valence electrons. The summed E-state index contributed by atoms with van der Waals surface area (Å²) >= 11 is 6.14. The number of rotatable bonds is 1. The van der Waals surface area contributed by atoms with Crippen molar-refractivity contribution in [2.75, 3.05) is 0 Å². The molecular formula is C12H17ClN2O. The SMILES string of the molecule is Cc1ccc(C2(N)CCC(O)CC2)c(Cl)n1. The van der Waals surface area contributed by atoms with E-state index >= 15 is 0 Å². The molecule has 0 saturated heterocycles. The number of aryl methyl sites for hydroxylation is 1. The van der Waals surface area contributed by atoms with Gasteiger partial charge in [0.25, 0.3) is 0 Å². The van der Waals surface area contributed by atoms with Crippen molar-refractivity contribution in [1.82, 2.24) is 4.98 Å². The van der Waals surface area contributed by atoms with E-state index < -0.39 is 5.54 Å². The van der Waals surface area contributed by atoms with Gasteiger partial charge in [-0.05, 0) is 38.7 Å². The van der Waals surface area contributed by atoms with Gasteiger partial charge in [0.15, 0.2) is 0 Å². The summed E-state index contributed by atoms with van der Waals surface area (Å²) in [5, 5.41) is 10.00. The van der Waals surface area contributed by atoms with Crippen molar-refractivity contribution in [3.63, 3.8) is 0 Å². The number of nitrogens with zero attached hydrogens (tertiary/aromatic N) is 1. The minimum atomic E-state index is -0.420. The molecule has 1 fully saturated rings. The van der Waals surface area contributed by atoms with Gasteiger partial charge in [0.1, 0.15) is 5.15 Å². The third kappa shape index (κ3) is 2.21. The van der Waals surface area contributed by atoms with Crippen LogP contribution in [0.2, 0.25) is 5.15 Å². The van der Waals surface area contributed by atoms with Crippen LogP contribution in [0.15, 0.2) is 12.1 Å². The van der Waals surface area contributed by atoms with Gasteiger partial charge in [0.2, 0.25) is 0 Å². The highest BCUT2D eigenvalue weighted by Crippen LogP contribution is 2.37. The van der Waals surface area contributed by atoms with Crippen molar-refractivity contribution < 1.29 is 5.11 Å². The maximum atomic E-state index is 9.50. The summed E-state index contributed by atoms with van der Waals surface area (Å²) in [5.41, 5.74) is 7.74. The maximum absolute atomic E-state index is 9.50. The number of aliphatic hydroxyl groups excluding tert-OH is 1. The summed E-state index contributed by atoms with van der Waals surface area (Å²) in [5.74, 6) is 0. The molecule has 1 aliphatic rings. The molecule has 0 amide bonds. The van der Waals surface area contributed by atoms with E-state index in [1.807, 2.05) is 19.1 Å². The van der Waals surface area contributed by atoms with Crippen LogP contribution in [0.3, 0.4) is 0 Å². The molecular weight excluding hydrogens is 224 g/mol. The monoisotopic (exact) mass is 240 g/mol. The van der Waals surface area contributed by atoms with Crippen LogP contribution in [0, 0.1) is 6.92 Å². The molecule has 0 aliphatic heterocycles. The van der Waals surface area contributed by atoms with Gasteiger partial charge in [-0.1, -0.05) is 17.7 Å². The fourth-order valence-electron chi connectivity index (χ4n) is 2.28. The first-order valence-corrected chi connectivity index (χ1v) is 6.00. The molecule has 3 nitrogen and oxygen atoms in total. The first-order chi connectivity index (χ1) is 7.51. The Balaban J connectivity index is 2.29. The normalized spacial score (nSPS) is 30.4. The fourth-order valence-corrected chi connectivity index (χ4v) is 2.67. The maximum Gasteiger partial charge on any atom is 0.134 e. The number of pyridine rings is 1. The highest BCUT2D eigenvalue weighted by atomic mass is 35.5. The highest BCUT2D eigenvalue weighted by molar-refractivity contribution is 6.30. The third-order valence-electron chi connectivity index (χ3n) is 3.37.